The highest BCUT2D eigenvalue weighted by Crippen LogP contribution is 2.35. The Kier molecular flexibility index (Phi) is 4.99. The molecule has 2 aromatic carbocycles. The third-order valence-corrected chi connectivity index (χ3v) is 7.08. The number of carbonyl (C=O) groups is 1. The first-order valence-electron chi connectivity index (χ1n) is 7.96. The van der Waals surface area contributed by atoms with Gasteiger partial charge in [0, 0.05) is 22.6 Å². The van der Waals surface area contributed by atoms with Gasteiger partial charge in [-0.05, 0) is 71.1 Å². The van der Waals surface area contributed by atoms with Gasteiger partial charge in [0.15, 0.2) is 0 Å². The molecule has 132 valence electrons. The molecular formula is C18H19BrN2O3S. The lowest BCUT2D eigenvalue weighted by Crippen LogP contribution is -2.33. The van der Waals surface area contributed by atoms with Crippen molar-refractivity contribution < 1.29 is 13.2 Å². The molecule has 1 fully saturated rings. The summed E-state index contributed by atoms with van der Waals surface area (Å²) in [5.41, 5.74) is 7.47. The number of hydrogen-bond donors (Lipinski definition) is 1. The summed E-state index contributed by atoms with van der Waals surface area (Å²) in [6.45, 7) is 2.19. The van der Waals surface area contributed by atoms with Gasteiger partial charge in [-0.15, -0.1) is 0 Å². The van der Waals surface area contributed by atoms with Gasteiger partial charge in [-0.25, -0.2) is 8.42 Å². The van der Waals surface area contributed by atoms with Gasteiger partial charge in [-0.1, -0.05) is 18.2 Å². The zero-order valence-electron chi connectivity index (χ0n) is 13.8. The fourth-order valence-corrected chi connectivity index (χ4v) is 5.50. The standard InChI is InChI=1S/C18H19BrN2O3S/c1-12-2-9-17(16(19)10-12)25(23,24)21(15-7-8-15)11-13-3-5-14(6-4-13)18(20)22/h2-6,9-10,15H,7-8,11H2,1H3,(H2,20,22). The summed E-state index contributed by atoms with van der Waals surface area (Å²) in [6.07, 6.45) is 1.73. The number of halogens is 1. The predicted octanol–water partition coefficient (Wildman–Crippen LogP) is 3.21. The van der Waals surface area contributed by atoms with Crippen molar-refractivity contribution in [1.29, 1.82) is 0 Å². The van der Waals surface area contributed by atoms with Crippen molar-refractivity contribution in [3.8, 4) is 0 Å². The van der Waals surface area contributed by atoms with Crippen molar-refractivity contribution >= 4 is 31.9 Å². The number of hydrogen-bond acceptors (Lipinski definition) is 3. The maximum absolute atomic E-state index is 13.1. The first kappa shape index (κ1) is 18.1. The van der Waals surface area contributed by atoms with E-state index in [0.29, 0.717) is 10.0 Å². The van der Waals surface area contributed by atoms with Crippen LogP contribution in [0, 0.1) is 6.92 Å². The average Bonchev–Trinajstić information content (AvgIpc) is 3.37. The minimum Gasteiger partial charge on any atom is -0.366 e. The highest BCUT2D eigenvalue weighted by atomic mass is 79.9. The highest BCUT2D eigenvalue weighted by Gasteiger charge is 2.38. The summed E-state index contributed by atoms with van der Waals surface area (Å²) in [5, 5.41) is 0. The van der Waals surface area contributed by atoms with E-state index in [1.54, 1.807) is 46.8 Å². The second-order valence-corrected chi connectivity index (χ2v) is 8.99. The number of nitrogens with two attached hydrogens (primary N) is 1. The van der Waals surface area contributed by atoms with Gasteiger partial charge >= 0.3 is 0 Å². The van der Waals surface area contributed by atoms with E-state index in [-0.39, 0.29) is 17.5 Å². The Balaban J connectivity index is 1.91. The lowest BCUT2D eigenvalue weighted by atomic mass is 10.1. The van der Waals surface area contributed by atoms with Crippen molar-refractivity contribution in [2.75, 3.05) is 0 Å². The summed E-state index contributed by atoms with van der Waals surface area (Å²) in [6, 6.07) is 12.0. The van der Waals surface area contributed by atoms with E-state index in [0.717, 1.165) is 24.0 Å². The van der Waals surface area contributed by atoms with E-state index < -0.39 is 15.9 Å². The Bertz CT molecular complexity index is 906. The molecule has 2 N–H and O–H groups in total. The average molecular weight is 423 g/mol. The minimum atomic E-state index is -3.62. The Hall–Kier alpha value is -1.70. The maximum Gasteiger partial charge on any atom is 0.248 e. The molecule has 0 radical (unpaired) electrons. The van der Waals surface area contributed by atoms with Gasteiger partial charge < -0.3 is 5.73 Å². The van der Waals surface area contributed by atoms with Crippen molar-refractivity contribution in [2.45, 2.75) is 37.2 Å². The number of benzene rings is 2. The Morgan fingerprint density at radius 1 is 1.20 bits per heavy atom. The normalized spacial score (nSPS) is 14.7. The lowest BCUT2D eigenvalue weighted by molar-refractivity contribution is 0.1000. The molecule has 0 aliphatic heterocycles. The third-order valence-electron chi connectivity index (χ3n) is 4.21. The van der Waals surface area contributed by atoms with Crippen LogP contribution in [-0.2, 0) is 16.6 Å². The number of nitrogens with zero attached hydrogens (tertiary/aromatic N) is 1. The van der Waals surface area contributed by atoms with Crippen molar-refractivity contribution in [2.24, 2.45) is 5.73 Å². The molecule has 0 spiro atoms. The van der Waals surface area contributed by atoms with Crippen LogP contribution in [0.4, 0.5) is 0 Å². The molecule has 0 aromatic heterocycles. The zero-order valence-corrected chi connectivity index (χ0v) is 16.2. The maximum atomic E-state index is 13.1. The SMILES string of the molecule is Cc1ccc(S(=O)(=O)N(Cc2ccc(C(N)=O)cc2)C2CC2)c(Br)c1. The smallest absolute Gasteiger partial charge is 0.248 e. The molecule has 7 heteroatoms. The molecule has 0 saturated heterocycles. The van der Waals surface area contributed by atoms with Gasteiger partial charge in [0.1, 0.15) is 0 Å². The molecule has 1 saturated carbocycles. The Morgan fingerprint density at radius 3 is 2.36 bits per heavy atom. The molecule has 3 rings (SSSR count). The number of primary amides is 1. The molecule has 0 atom stereocenters. The molecule has 2 aromatic rings. The Morgan fingerprint density at radius 2 is 1.84 bits per heavy atom. The molecule has 1 aliphatic carbocycles. The van der Waals surface area contributed by atoms with E-state index >= 15 is 0 Å². The third kappa shape index (κ3) is 3.94. The number of sulfonamides is 1. The molecular weight excluding hydrogens is 404 g/mol. The van der Waals surface area contributed by atoms with Gasteiger partial charge in [-0.3, -0.25) is 4.79 Å². The van der Waals surface area contributed by atoms with Crippen LogP contribution in [0.25, 0.3) is 0 Å². The van der Waals surface area contributed by atoms with Gasteiger partial charge in [0.05, 0.1) is 4.90 Å². The van der Waals surface area contributed by atoms with E-state index in [1.165, 1.54) is 0 Å². The van der Waals surface area contributed by atoms with Crippen molar-refractivity contribution in [3.63, 3.8) is 0 Å². The molecule has 5 nitrogen and oxygen atoms in total. The monoisotopic (exact) mass is 422 g/mol. The fourth-order valence-electron chi connectivity index (χ4n) is 2.67. The molecule has 0 bridgehead atoms. The van der Waals surface area contributed by atoms with Crippen LogP contribution in [0.5, 0.6) is 0 Å². The molecule has 1 amide bonds. The number of carbonyl (C=O) groups excluding carboxylic acids is 1. The largest absolute Gasteiger partial charge is 0.366 e. The predicted molar refractivity (Wildman–Crippen MR) is 99.6 cm³/mol. The molecule has 25 heavy (non-hydrogen) atoms. The Labute approximate surface area is 156 Å². The van der Waals surface area contributed by atoms with Crippen LogP contribution in [0.15, 0.2) is 51.8 Å². The van der Waals surface area contributed by atoms with E-state index in [4.69, 9.17) is 5.73 Å². The summed E-state index contributed by atoms with van der Waals surface area (Å²) < 4.78 is 28.4. The van der Waals surface area contributed by atoms with Crippen LogP contribution in [0.2, 0.25) is 0 Å². The molecule has 0 unspecified atom stereocenters. The van der Waals surface area contributed by atoms with Gasteiger partial charge in [0.2, 0.25) is 15.9 Å². The first-order chi connectivity index (χ1) is 11.8. The van der Waals surface area contributed by atoms with Crippen molar-refractivity contribution in [3.05, 3.63) is 63.6 Å². The van der Waals surface area contributed by atoms with Crippen LogP contribution in [0.3, 0.4) is 0 Å². The van der Waals surface area contributed by atoms with Crippen LogP contribution in [-0.4, -0.2) is 24.7 Å². The minimum absolute atomic E-state index is 0.0222. The summed E-state index contributed by atoms with van der Waals surface area (Å²) in [4.78, 5) is 11.4. The van der Waals surface area contributed by atoms with Crippen LogP contribution >= 0.6 is 15.9 Å². The zero-order chi connectivity index (χ0) is 18.2. The second kappa shape index (κ2) is 6.90. The topological polar surface area (TPSA) is 80.5 Å². The van der Waals surface area contributed by atoms with E-state index in [2.05, 4.69) is 15.9 Å². The quantitative estimate of drug-likeness (QED) is 0.775. The van der Waals surface area contributed by atoms with E-state index in [1.807, 2.05) is 6.92 Å². The molecule has 0 heterocycles. The fraction of sp³-hybridized carbons (Fsp3) is 0.278. The van der Waals surface area contributed by atoms with E-state index in [9.17, 15) is 13.2 Å². The number of amides is 1. The van der Waals surface area contributed by atoms with Gasteiger partial charge in [0.25, 0.3) is 0 Å². The summed E-state index contributed by atoms with van der Waals surface area (Å²) in [5.74, 6) is -0.498. The number of aryl methyl sites for hydroxylation is 1. The van der Waals surface area contributed by atoms with Crippen molar-refractivity contribution in [1.82, 2.24) is 4.31 Å². The second-order valence-electron chi connectivity index (χ2n) is 6.28. The first-order valence-corrected chi connectivity index (χ1v) is 10.2. The summed E-state index contributed by atoms with van der Waals surface area (Å²) in [7, 11) is -3.62. The number of rotatable bonds is 6. The van der Waals surface area contributed by atoms with Crippen LogP contribution < -0.4 is 5.73 Å². The summed E-state index contributed by atoms with van der Waals surface area (Å²) >= 11 is 3.37. The van der Waals surface area contributed by atoms with Gasteiger partial charge in [-0.2, -0.15) is 4.31 Å². The van der Waals surface area contributed by atoms with Crippen LogP contribution in [0.1, 0.15) is 34.3 Å². The molecule has 1 aliphatic rings. The lowest BCUT2D eigenvalue weighted by Gasteiger charge is -2.23. The highest BCUT2D eigenvalue weighted by molar-refractivity contribution is 9.10.